The van der Waals surface area contributed by atoms with Crippen molar-refractivity contribution in [2.75, 3.05) is 0 Å². The van der Waals surface area contributed by atoms with Gasteiger partial charge in [-0.2, -0.15) is 0 Å². The predicted molar refractivity (Wildman–Crippen MR) is 203 cm³/mol. The summed E-state index contributed by atoms with van der Waals surface area (Å²) in [7, 11) is 0. The molecule has 0 saturated heterocycles. The maximum absolute atomic E-state index is 6.20. The second kappa shape index (κ2) is 10.3. The van der Waals surface area contributed by atoms with Crippen LogP contribution in [0.1, 0.15) is 0 Å². The zero-order chi connectivity index (χ0) is 32.8. The van der Waals surface area contributed by atoms with E-state index < -0.39 is 0 Å². The molecular formula is C44H25N5O. The molecule has 0 bridgehead atoms. The molecule has 0 radical (unpaired) electrons. The summed E-state index contributed by atoms with van der Waals surface area (Å²) in [4.78, 5) is 20.1. The molecule has 11 rings (SSSR count). The summed E-state index contributed by atoms with van der Waals surface area (Å²) < 4.78 is 8.48. The van der Waals surface area contributed by atoms with Gasteiger partial charge in [0.1, 0.15) is 22.6 Å². The molecule has 0 fully saturated rings. The average molecular weight is 640 g/mol. The molecule has 0 spiro atoms. The molecule has 0 atom stereocenters. The number of hydrogen-bond donors (Lipinski definition) is 0. The van der Waals surface area contributed by atoms with Crippen LogP contribution in [0.5, 0.6) is 0 Å². The Morgan fingerprint density at radius 3 is 1.84 bits per heavy atom. The number of furan rings is 1. The van der Waals surface area contributed by atoms with E-state index in [2.05, 4.69) is 119 Å². The topological polar surface area (TPSA) is 69.6 Å². The van der Waals surface area contributed by atoms with Gasteiger partial charge < -0.3 is 4.42 Å². The van der Waals surface area contributed by atoms with Crippen LogP contribution in [-0.2, 0) is 0 Å². The summed E-state index contributed by atoms with van der Waals surface area (Å²) >= 11 is 0. The lowest BCUT2D eigenvalue weighted by Crippen LogP contribution is -1.99. The molecule has 11 aromatic rings. The van der Waals surface area contributed by atoms with Gasteiger partial charge in [-0.15, -0.1) is 0 Å². The zero-order valence-electron chi connectivity index (χ0n) is 26.6. The van der Waals surface area contributed by atoms with Crippen molar-refractivity contribution in [2.45, 2.75) is 0 Å². The molecule has 6 aromatic carbocycles. The quantitative estimate of drug-likeness (QED) is 0.192. The Hall–Kier alpha value is -6.92. The normalized spacial score (nSPS) is 12.0. The van der Waals surface area contributed by atoms with E-state index in [9.17, 15) is 0 Å². The SMILES string of the molecule is c1ccc2cc3c(cc2c1)c1cc2ccccc2cc1n3-c1ccc(-c2nc3c(nc2-c2ccc4cccnc4c2)oc2ccccc23)cn1. The second-order valence-electron chi connectivity index (χ2n) is 12.8. The van der Waals surface area contributed by atoms with E-state index >= 15 is 0 Å². The molecule has 0 amide bonds. The maximum Gasteiger partial charge on any atom is 0.246 e. The third kappa shape index (κ3) is 4.02. The highest BCUT2D eigenvalue weighted by molar-refractivity contribution is 6.16. The van der Waals surface area contributed by atoms with Gasteiger partial charge in [0.15, 0.2) is 0 Å². The van der Waals surface area contributed by atoms with Crippen LogP contribution < -0.4 is 0 Å². The number of rotatable bonds is 3. The van der Waals surface area contributed by atoms with E-state index in [0.717, 1.165) is 61.1 Å². The smallest absolute Gasteiger partial charge is 0.246 e. The highest BCUT2D eigenvalue weighted by atomic mass is 16.3. The number of para-hydroxylation sites is 1. The van der Waals surface area contributed by atoms with Crippen molar-refractivity contribution in [1.82, 2.24) is 24.5 Å². The van der Waals surface area contributed by atoms with Crippen LogP contribution in [0.15, 0.2) is 156 Å². The van der Waals surface area contributed by atoms with E-state index in [0.29, 0.717) is 11.4 Å². The third-order valence-electron chi connectivity index (χ3n) is 9.84. The molecule has 0 aliphatic heterocycles. The predicted octanol–water partition coefficient (Wildman–Crippen LogP) is 11.1. The third-order valence-corrected chi connectivity index (χ3v) is 9.84. The van der Waals surface area contributed by atoms with E-state index in [1.807, 2.05) is 42.7 Å². The fourth-order valence-electron chi connectivity index (χ4n) is 7.43. The number of pyridine rings is 2. The summed E-state index contributed by atoms with van der Waals surface area (Å²) in [5.41, 5.74) is 8.32. The molecule has 6 heteroatoms. The van der Waals surface area contributed by atoms with Crippen LogP contribution in [0, 0.1) is 0 Å². The number of nitrogens with zero attached hydrogens (tertiary/aromatic N) is 5. The number of fused-ring (bicyclic) bond motifs is 9. The Bertz CT molecular complexity index is 3060. The molecule has 5 heterocycles. The van der Waals surface area contributed by atoms with Crippen LogP contribution in [0.4, 0.5) is 0 Å². The van der Waals surface area contributed by atoms with Gasteiger partial charge in [-0.3, -0.25) is 9.55 Å². The fourth-order valence-corrected chi connectivity index (χ4v) is 7.43. The van der Waals surface area contributed by atoms with Crippen molar-refractivity contribution < 1.29 is 4.42 Å². The Balaban J connectivity index is 1.14. The summed E-state index contributed by atoms with van der Waals surface area (Å²) in [6.45, 7) is 0. The number of hydrogen-bond acceptors (Lipinski definition) is 5. The van der Waals surface area contributed by atoms with Gasteiger partial charge in [0.05, 0.1) is 22.2 Å². The van der Waals surface area contributed by atoms with Crippen molar-refractivity contribution >= 4 is 76.5 Å². The summed E-state index contributed by atoms with van der Waals surface area (Å²) in [6, 6.07) is 48.6. The zero-order valence-corrected chi connectivity index (χ0v) is 26.6. The minimum Gasteiger partial charge on any atom is -0.436 e. The van der Waals surface area contributed by atoms with Gasteiger partial charge in [0.2, 0.25) is 5.71 Å². The summed E-state index contributed by atoms with van der Waals surface area (Å²) in [5.74, 6) is 0.832. The number of aromatic nitrogens is 5. The first-order chi connectivity index (χ1) is 24.7. The lowest BCUT2D eigenvalue weighted by Gasteiger charge is -2.11. The van der Waals surface area contributed by atoms with Crippen molar-refractivity contribution in [3.8, 4) is 28.3 Å². The van der Waals surface area contributed by atoms with Gasteiger partial charge in [0, 0.05) is 45.1 Å². The van der Waals surface area contributed by atoms with Gasteiger partial charge in [-0.1, -0.05) is 78.9 Å². The lowest BCUT2D eigenvalue weighted by molar-refractivity contribution is 0.653. The van der Waals surface area contributed by atoms with Crippen LogP contribution in [0.3, 0.4) is 0 Å². The minimum atomic E-state index is 0.500. The van der Waals surface area contributed by atoms with E-state index in [4.69, 9.17) is 19.4 Å². The highest BCUT2D eigenvalue weighted by Crippen LogP contribution is 2.39. The Morgan fingerprint density at radius 2 is 1.12 bits per heavy atom. The van der Waals surface area contributed by atoms with E-state index in [1.54, 1.807) is 0 Å². The molecular weight excluding hydrogens is 615 g/mol. The standard InChI is InChI=1S/C44H25N5O/c1-3-10-29-23-37-34(20-27(29)8-1)35-21-28-9-2-4-11-30(28)24-38(35)49(37)40-18-17-32(25-46-40)42-41(31-16-15-26-12-7-19-45-36(26)22-31)48-44-43(47-42)33-13-5-6-14-39(33)50-44/h1-25H. The van der Waals surface area contributed by atoms with Crippen molar-refractivity contribution in [3.63, 3.8) is 0 Å². The van der Waals surface area contributed by atoms with Gasteiger partial charge in [-0.05, 0) is 82.2 Å². The lowest BCUT2D eigenvalue weighted by atomic mass is 10.0. The van der Waals surface area contributed by atoms with Gasteiger partial charge in [-0.25, -0.2) is 15.0 Å². The molecule has 232 valence electrons. The fraction of sp³-hybridized carbons (Fsp3) is 0. The van der Waals surface area contributed by atoms with Crippen molar-refractivity contribution in [3.05, 3.63) is 152 Å². The van der Waals surface area contributed by atoms with Crippen LogP contribution in [-0.4, -0.2) is 24.5 Å². The Kier molecular flexibility index (Phi) is 5.57. The summed E-state index contributed by atoms with van der Waals surface area (Å²) in [6.07, 6.45) is 3.72. The molecule has 50 heavy (non-hydrogen) atoms. The minimum absolute atomic E-state index is 0.500. The van der Waals surface area contributed by atoms with Crippen LogP contribution >= 0.6 is 0 Å². The first-order valence-corrected chi connectivity index (χ1v) is 16.6. The second-order valence-corrected chi connectivity index (χ2v) is 12.8. The monoisotopic (exact) mass is 639 g/mol. The maximum atomic E-state index is 6.20. The average Bonchev–Trinajstić information content (AvgIpc) is 3.69. The largest absolute Gasteiger partial charge is 0.436 e. The van der Waals surface area contributed by atoms with E-state index in [-0.39, 0.29) is 0 Å². The van der Waals surface area contributed by atoms with Crippen LogP contribution in [0.25, 0.3) is 105 Å². The Morgan fingerprint density at radius 1 is 0.480 bits per heavy atom. The van der Waals surface area contributed by atoms with Gasteiger partial charge in [0.25, 0.3) is 0 Å². The molecule has 6 nitrogen and oxygen atoms in total. The summed E-state index contributed by atoms with van der Waals surface area (Å²) in [5, 5.41) is 9.20. The molecule has 0 N–H and O–H groups in total. The molecule has 5 aromatic heterocycles. The van der Waals surface area contributed by atoms with Crippen molar-refractivity contribution in [1.29, 1.82) is 0 Å². The van der Waals surface area contributed by atoms with Crippen molar-refractivity contribution in [2.24, 2.45) is 0 Å². The van der Waals surface area contributed by atoms with E-state index in [1.165, 1.54) is 32.3 Å². The van der Waals surface area contributed by atoms with Gasteiger partial charge >= 0.3 is 0 Å². The first kappa shape index (κ1) is 27.1. The first-order valence-electron chi connectivity index (χ1n) is 16.6. The molecule has 0 unspecified atom stereocenters. The highest BCUT2D eigenvalue weighted by Gasteiger charge is 2.20. The molecule has 0 saturated carbocycles. The molecule has 0 aliphatic carbocycles. The number of benzene rings is 6. The molecule has 0 aliphatic rings. The Labute approximate surface area is 284 Å². The van der Waals surface area contributed by atoms with Crippen LogP contribution in [0.2, 0.25) is 0 Å².